The predicted octanol–water partition coefficient (Wildman–Crippen LogP) is 1.99. The summed E-state index contributed by atoms with van der Waals surface area (Å²) in [6.07, 6.45) is 3.69. The van der Waals surface area contributed by atoms with Gasteiger partial charge in [-0.2, -0.15) is 0 Å². The van der Waals surface area contributed by atoms with Gasteiger partial charge in [0, 0.05) is 32.3 Å². The lowest BCUT2D eigenvalue weighted by molar-refractivity contribution is 0.00197. The minimum absolute atomic E-state index is 0.0118. The van der Waals surface area contributed by atoms with Gasteiger partial charge in [0.1, 0.15) is 0 Å². The number of likely N-dealkylation sites (tertiary alicyclic amines) is 1. The smallest absolute Gasteiger partial charge is 0.317 e. The molecule has 2 N–H and O–H groups in total. The van der Waals surface area contributed by atoms with Crippen molar-refractivity contribution in [3.05, 3.63) is 0 Å². The lowest BCUT2D eigenvalue weighted by atomic mass is 10.1. The van der Waals surface area contributed by atoms with E-state index in [-0.39, 0.29) is 18.7 Å². The Hall–Kier alpha value is -0.810. The van der Waals surface area contributed by atoms with E-state index in [1.807, 2.05) is 11.8 Å². The van der Waals surface area contributed by atoms with E-state index in [0.29, 0.717) is 12.0 Å². The molecular weight excluding hydrogens is 256 g/mol. The van der Waals surface area contributed by atoms with Gasteiger partial charge in [-0.15, -0.1) is 0 Å². The van der Waals surface area contributed by atoms with Gasteiger partial charge in [-0.25, -0.2) is 4.79 Å². The van der Waals surface area contributed by atoms with E-state index >= 15 is 0 Å². The molecule has 0 spiro atoms. The monoisotopic (exact) mass is 286 g/mol. The van der Waals surface area contributed by atoms with Gasteiger partial charge in [0.2, 0.25) is 0 Å². The van der Waals surface area contributed by atoms with Crippen molar-refractivity contribution in [2.75, 3.05) is 26.3 Å². The number of rotatable bonds is 7. The summed E-state index contributed by atoms with van der Waals surface area (Å²) in [6, 6.07) is 0.127. The van der Waals surface area contributed by atoms with Gasteiger partial charge >= 0.3 is 6.03 Å². The lowest BCUT2D eigenvalue weighted by Crippen LogP contribution is -2.48. The first kappa shape index (κ1) is 17.2. The van der Waals surface area contributed by atoms with Crippen molar-refractivity contribution in [2.24, 2.45) is 5.92 Å². The molecule has 0 aromatic rings. The number of piperidine rings is 1. The molecule has 5 heteroatoms. The third-order valence-corrected chi connectivity index (χ3v) is 3.56. The number of amides is 2. The topological polar surface area (TPSA) is 61.8 Å². The zero-order valence-electron chi connectivity index (χ0n) is 13.1. The molecule has 0 bridgehead atoms. The van der Waals surface area contributed by atoms with Crippen LogP contribution in [0.15, 0.2) is 0 Å². The molecule has 0 aliphatic carbocycles. The van der Waals surface area contributed by atoms with Crippen LogP contribution in [-0.4, -0.2) is 54.5 Å². The zero-order valence-corrected chi connectivity index (χ0v) is 13.1. The number of ether oxygens (including phenoxy) is 1. The first-order valence-corrected chi connectivity index (χ1v) is 7.80. The van der Waals surface area contributed by atoms with E-state index in [1.165, 1.54) is 0 Å². The zero-order chi connectivity index (χ0) is 15.0. The lowest BCUT2D eigenvalue weighted by Gasteiger charge is -2.33. The number of carbonyl (C=O) groups excluding carboxylic acids is 1. The number of hydrogen-bond acceptors (Lipinski definition) is 3. The van der Waals surface area contributed by atoms with Crippen molar-refractivity contribution < 1.29 is 14.6 Å². The Labute approximate surface area is 122 Å². The minimum Gasteiger partial charge on any atom is -0.396 e. The Kier molecular flexibility index (Phi) is 7.92. The van der Waals surface area contributed by atoms with Crippen LogP contribution >= 0.6 is 0 Å². The highest BCUT2D eigenvalue weighted by Gasteiger charge is 2.23. The van der Waals surface area contributed by atoms with Crippen molar-refractivity contribution in [1.82, 2.24) is 10.2 Å². The summed E-state index contributed by atoms with van der Waals surface area (Å²) in [5.41, 5.74) is 0. The second-order valence-corrected chi connectivity index (χ2v) is 6.13. The van der Waals surface area contributed by atoms with Crippen LogP contribution in [0.4, 0.5) is 4.79 Å². The third kappa shape index (κ3) is 6.57. The number of urea groups is 1. The van der Waals surface area contributed by atoms with Gasteiger partial charge in [0.05, 0.1) is 6.10 Å². The summed E-state index contributed by atoms with van der Waals surface area (Å²) < 4.78 is 5.82. The van der Waals surface area contributed by atoms with E-state index in [4.69, 9.17) is 9.84 Å². The fourth-order valence-corrected chi connectivity index (χ4v) is 2.33. The summed E-state index contributed by atoms with van der Waals surface area (Å²) in [5.74, 6) is 0.559. The Bertz CT molecular complexity index is 276. The second-order valence-electron chi connectivity index (χ2n) is 6.13. The van der Waals surface area contributed by atoms with Crippen molar-refractivity contribution in [1.29, 1.82) is 0 Å². The van der Waals surface area contributed by atoms with Crippen LogP contribution in [0.2, 0.25) is 0 Å². The first-order valence-electron chi connectivity index (χ1n) is 7.80. The van der Waals surface area contributed by atoms with Gasteiger partial charge in [-0.05, 0) is 38.5 Å². The molecule has 118 valence electrons. The molecule has 0 aromatic heterocycles. The van der Waals surface area contributed by atoms with Crippen LogP contribution in [0.25, 0.3) is 0 Å². The molecule has 1 atom stereocenters. The van der Waals surface area contributed by atoms with E-state index in [2.05, 4.69) is 19.2 Å². The fraction of sp³-hybridized carbons (Fsp3) is 0.933. The molecule has 1 unspecified atom stereocenters. The fourth-order valence-electron chi connectivity index (χ4n) is 2.33. The molecule has 1 saturated heterocycles. The summed E-state index contributed by atoms with van der Waals surface area (Å²) >= 11 is 0. The maximum atomic E-state index is 12.1. The first-order chi connectivity index (χ1) is 9.52. The van der Waals surface area contributed by atoms with E-state index < -0.39 is 0 Å². The number of nitrogens with one attached hydrogen (secondary N) is 1. The quantitative estimate of drug-likeness (QED) is 0.752. The predicted molar refractivity (Wildman–Crippen MR) is 79.7 cm³/mol. The van der Waals surface area contributed by atoms with Crippen molar-refractivity contribution in [2.45, 2.75) is 58.6 Å². The van der Waals surface area contributed by atoms with Crippen LogP contribution in [0.5, 0.6) is 0 Å². The molecule has 2 amide bonds. The Morgan fingerprint density at radius 3 is 2.55 bits per heavy atom. The SMILES string of the molecule is CC(C)COC1CCN(C(=O)NC(C)CCCO)CC1. The maximum Gasteiger partial charge on any atom is 0.317 e. The average molecular weight is 286 g/mol. The molecule has 20 heavy (non-hydrogen) atoms. The van der Waals surface area contributed by atoms with Crippen molar-refractivity contribution in [3.63, 3.8) is 0 Å². The standard InChI is InChI=1S/C15H30N2O3/c1-12(2)11-20-14-6-8-17(9-7-14)15(19)16-13(3)5-4-10-18/h12-14,18H,4-11H2,1-3H3,(H,16,19). The summed E-state index contributed by atoms with van der Waals surface area (Å²) in [6.45, 7) is 8.79. The normalized spacial score (nSPS) is 18.4. The summed E-state index contributed by atoms with van der Waals surface area (Å²) in [7, 11) is 0. The molecular formula is C15H30N2O3. The molecule has 1 aliphatic heterocycles. The van der Waals surface area contributed by atoms with Crippen LogP contribution < -0.4 is 5.32 Å². The number of aliphatic hydroxyl groups excluding tert-OH is 1. The van der Waals surface area contributed by atoms with E-state index in [0.717, 1.165) is 45.4 Å². The van der Waals surface area contributed by atoms with Gasteiger partial charge in [-0.3, -0.25) is 0 Å². The van der Waals surface area contributed by atoms with Gasteiger partial charge in [-0.1, -0.05) is 13.8 Å². The molecule has 1 fully saturated rings. The molecule has 0 aromatic carbocycles. The molecule has 1 rings (SSSR count). The van der Waals surface area contributed by atoms with Crippen LogP contribution in [-0.2, 0) is 4.74 Å². The van der Waals surface area contributed by atoms with Crippen LogP contribution in [0, 0.1) is 5.92 Å². The minimum atomic E-state index is 0.0118. The molecule has 1 aliphatic rings. The summed E-state index contributed by atoms with van der Waals surface area (Å²) in [4.78, 5) is 13.9. The Morgan fingerprint density at radius 1 is 1.35 bits per heavy atom. The Morgan fingerprint density at radius 2 is 2.00 bits per heavy atom. The highest BCUT2D eigenvalue weighted by atomic mass is 16.5. The van der Waals surface area contributed by atoms with Gasteiger partial charge in [0.25, 0.3) is 0 Å². The van der Waals surface area contributed by atoms with Crippen LogP contribution in [0.1, 0.15) is 46.5 Å². The van der Waals surface area contributed by atoms with E-state index in [9.17, 15) is 4.79 Å². The highest BCUT2D eigenvalue weighted by molar-refractivity contribution is 5.74. The molecule has 1 heterocycles. The maximum absolute atomic E-state index is 12.1. The average Bonchev–Trinajstić information content (AvgIpc) is 2.43. The number of hydrogen-bond donors (Lipinski definition) is 2. The highest BCUT2D eigenvalue weighted by Crippen LogP contribution is 2.15. The Balaban J connectivity index is 2.21. The van der Waals surface area contributed by atoms with Gasteiger partial charge < -0.3 is 20.1 Å². The number of carbonyl (C=O) groups is 1. The van der Waals surface area contributed by atoms with E-state index in [1.54, 1.807) is 0 Å². The summed E-state index contributed by atoms with van der Waals surface area (Å²) in [5, 5.41) is 11.8. The number of nitrogens with zero attached hydrogens (tertiary/aromatic N) is 1. The van der Waals surface area contributed by atoms with Gasteiger partial charge in [0.15, 0.2) is 0 Å². The van der Waals surface area contributed by atoms with Crippen LogP contribution in [0.3, 0.4) is 0 Å². The largest absolute Gasteiger partial charge is 0.396 e. The second kappa shape index (κ2) is 9.19. The van der Waals surface area contributed by atoms with Crippen molar-refractivity contribution >= 4 is 6.03 Å². The molecule has 0 saturated carbocycles. The molecule has 0 radical (unpaired) electrons. The third-order valence-electron chi connectivity index (χ3n) is 3.56. The van der Waals surface area contributed by atoms with Crippen molar-refractivity contribution in [3.8, 4) is 0 Å². The molecule has 5 nitrogen and oxygen atoms in total. The number of aliphatic hydroxyl groups is 1.